The number of ether oxygens (including phenoxy) is 1. The molecule has 0 radical (unpaired) electrons. The van der Waals surface area contributed by atoms with Crippen molar-refractivity contribution in [2.24, 2.45) is 0 Å². The number of carbonyl (C=O) groups is 1. The summed E-state index contributed by atoms with van der Waals surface area (Å²) < 4.78 is 18.5. The largest absolute Gasteiger partial charge is 0.481 e. The van der Waals surface area contributed by atoms with Crippen LogP contribution in [-0.2, 0) is 4.79 Å². The Morgan fingerprint density at radius 1 is 1.30 bits per heavy atom. The summed E-state index contributed by atoms with van der Waals surface area (Å²) in [5.41, 5.74) is 0. The lowest BCUT2D eigenvalue weighted by Gasteiger charge is -2.21. The highest BCUT2D eigenvalue weighted by Crippen LogP contribution is 2.18. The molecule has 1 aliphatic rings. The van der Waals surface area contributed by atoms with Crippen LogP contribution in [0.4, 0.5) is 4.39 Å². The highest BCUT2D eigenvalue weighted by Gasteiger charge is 2.23. The average Bonchev–Trinajstić information content (AvgIpc) is 2.63. The smallest absolute Gasteiger partial charge is 0.258 e. The second-order valence-corrected chi connectivity index (χ2v) is 5.10. The highest BCUT2D eigenvalue weighted by atomic mass is 19.1. The molecule has 1 saturated carbocycles. The molecule has 20 heavy (non-hydrogen) atoms. The molecule has 1 fully saturated rings. The predicted molar refractivity (Wildman–Crippen MR) is 72.9 cm³/mol. The van der Waals surface area contributed by atoms with Gasteiger partial charge in [0, 0.05) is 0 Å². The summed E-state index contributed by atoms with van der Waals surface area (Å²) in [6.45, 7) is -0.246. The Balaban J connectivity index is 1.81. The minimum atomic E-state index is -0.505. The molecule has 1 aliphatic carbocycles. The minimum absolute atomic E-state index is 0.0593. The van der Waals surface area contributed by atoms with Gasteiger partial charge in [0.1, 0.15) is 0 Å². The number of hydrogen-bond donors (Lipinski definition) is 2. The van der Waals surface area contributed by atoms with E-state index in [-0.39, 0.29) is 24.3 Å². The van der Waals surface area contributed by atoms with Crippen molar-refractivity contribution in [2.45, 2.75) is 44.2 Å². The second-order valence-electron chi connectivity index (χ2n) is 5.10. The maximum Gasteiger partial charge on any atom is 0.258 e. The quantitative estimate of drug-likeness (QED) is 0.830. The second kappa shape index (κ2) is 7.24. The minimum Gasteiger partial charge on any atom is -0.481 e. The Bertz CT molecular complexity index is 452. The number of rotatable bonds is 4. The molecule has 0 saturated heterocycles. The summed E-state index contributed by atoms with van der Waals surface area (Å²) in [4.78, 5) is 11.8. The number of carbonyl (C=O) groups excluding carboxylic acids is 1. The van der Waals surface area contributed by atoms with Crippen molar-refractivity contribution in [3.05, 3.63) is 30.1 Å². The van der Waals surface area contributed by atoms with E-state index in [1.807, 2.05) is 0 Å². The van der Waals surface area contributed by atoms with E-state index in [2.05, 4.69) is 5.32 Å². The Labute approximate surface area is 117 Å². The summed E-state index contributed by atoms with van der Waals surface area (Å²) in [6, 6.07) is 5.73. The normalized spacial score (nSPS) is 22.9. The number of aliphatic hydroxyl groups excluding tert-OH is 1. The van der Waals surface area contributed by atoms with Gasteiger partial charge < -0.3 is 15.2 Å². The van der Waals surface area contributed by atoms with Crippen molar-refractivity contribution in [2.75, 3.05) is 6.61 Å². The van der Waals surface area contributed by atoms with E-state index in [0.717, 1.165) is 25.7 Å². The Morgan fingerprint density at radius 2 is 2.05 bits per heavy atom. The van der Waals surface area contributed by atoms with Gasteiger partial charge in [-0.1, -0.05) is 31.4 Å². The lowest BCUT2D eigenvalue weighted by molar-refractivity contribution is -0.124. The first-order valence-electron chi connectivity index (χ1n) is 7.01. The van der Waals surface area contributed by atoms with E-state index >= 15 is 0 Å². The Kier molecular flexibility index (Phi) is 5.35. The molecule has 1 aromatic carbocycles. The van der Waals surface area contributed by atoms with Gasteiger partial charge in [0.05, 0.1) is 12.1 Å². The van der Waals surface area contributed by atoms with Crippen LogP contribution in [0.15, 0.2) is 24.3 Å². The molecule has 0 heterocycles. The van der Waals surface area contributed by atoms with Crippen LogP contribution < -0.4 is 10.1 Å². The van der Waals surface area contributed by atoms with Crippen LogP contribution in [0.2, 0.25) is 0 Å². The Morgan fingerprint density at radius 3 is 2.85 bits per heavy atom. The third-order valence-electron chi connectivity index (χ3n) is 3.52. The van der Waals surface area contributed by atoms with Crippen LogP contribution in [-0.4, -0.2) is 29.8 Å². The molecule has 4 nitrogen and oxygen atoms in total. The summed E-state index contributed by atoms with van der Waals surface area (Å²) in [6.07, 6.45) is 4.03. The van der Waals surface area contributed by atoms with Gasteiger partial charge in [0.25, 0.3) is 5.91 Å². The van der Waals surface area contributed by atoms with Gasteiger partial charge >= 0.3 is 0 Å². The molecule has 1 amide bonds. The summed E-state index contributed by atoms with van der Waals surface area (Å²) >= 11 is 0. The van der Waals surface area contributed by atoms with Crippen LogP contribution in [0.1, 0.15) is 32.1 Å². The van der Waals surface area contributed by atoms with E-state index in [0.29, 0.717) is 6.42 Å². The lowest BCUT2D eigenvalue weighted by atomic mass is 10.1. The van der Waals surface area contributed by atoms with Crippen LogP contribution in [0, 0.1) is 5.82 Å². The number of para-hydroxylation sites is 1. The SMILES string of the molecule is O=C(COc1ccccc1F)NC1CCCCCC1O. The Hall–Kier alpha value is -1.62. The monoisotopic (exact) mass is 281 g/mol. The number of benzene rings is 1. The fourth-order valence-corrected chi connectivity index (χ4v) is 2.41. The molecular weight excluding hydrogens is 261 g/mol. The van der Waals surface area contributed by atoms with E-state index < -0.39 is 11.9 Å². The molecule has 0 spiro atoms. The first-order chi connectivity index (χ1) is 9.66. The molecule has 2 N–H and O–H groups in total. The van der Waals surface area contributed by atoms with Crippen molar-refractivity contribution >= 4 is 5.91 Å². The first-order valence-corrected chi connectivity index (χ1v) is 7.01. The molecule has 2 rings (SSSR count). The average molecular weight is 281 g/mol. The van der Waals surface area contributed by atoms with Crippen LogP contribution in [0.3, 0.4) is 0 Å². The molecule has 2 unspecified atom stereocenters. The van der Waals surface area contributed by atoms with Crippen molar-refractivity contribution < 1.29 is 19.0 Å². The number of hydrogen-bond acceptors (Lipinski definition) is 3. The van der Waals surface area contributed by atoms with Crippen molar-refractivity contribution in [3.63, 3.8) is 0 Å². The van der Waals surface area contributed by atoms with E-state index in [4.69, 9.17) is 4.74 Å². The van der Waals surface area contributed by atoms with Crippen molar-refractivity contribution in [3.8, 4) is 5.75 Å². The van der Waals surface area contributed by atoms with E-state index in [1.165, 1.54) is 12.1 Å². The fourth-order valence-electron chi connectivity index (χ4n) is 2.41. The van der Waals surface area contributed by atoms with E-state index in [9.17, 15) is 14.3 Å². The third kappa shape index (κ3) is 4.20. The summed E-state index contributed by atoms with van der Waals surface area (Å²) in [5, 5.41) is 12.7. The lowest BCUT2D eigenvalue weighted by Crippen LogP contribution is -2.44. The van der Waals surface area contributed by atoms with Gasteiger partial charge in [-0.25, -0.2) is 4.39 Å². The maximum absolute atomic E-state index is 13.3. The summed E-state index contributed by atoms with van der Waals surface area (Å²) in [5.74, 6) is -0.766. The van der Waals surface area contributed by atoms with Gasteiger partial charge in [-0.05, 0) is 25.0 Å². The molecule has 0 bridgehead atoms. The van der Waals surface area contributed by atoms with E-state index in [1.54, 1.807) is 12.1 Å². The molecule has 5 heteroatoms. The van der Waals surface area contributed by atoms with Crippen LogP contribution in [0.5, 0.6) is 5.75 Å². The zero-order valence-corrected chi connectivity index (χ0v) is 11.3. The van der Waals surface area contributed by atoms with Crippen LogP contribution >= 0.6 is 0 Å². The van der Waals surface area contributed by atoms with Gasteiger partial charge in [-0.3, -0.25) is 4.79 Å². The van der Waals surface area contributed by atoms with Gasteiger partial charge in [-0.2, -0.15) is 0 Å². The van der Waals surface area contributed by atoms with Crippen LogP contribution in [0.25, 0.3) is 0 Å². The van der Waals surface area contributed by atoms with Crippen molar-refractivity contribution in [1.29, 1.82) is 0 Å². The van der Waals surface area contributed by atoms with Gasteiger partial charge in [0.2, 0.25) is 0 Å². The molecule has 2 atom stereocenters. The standard InChI is InChI=1S/C15H20FNO3/c16-11-6-4-5-9-14(11)20-10-15(19)17-12-7-2-1-3-8-13(12)18/h4-6,9,12-13,18H,1-3,7-8,10H2,(H,17,19). The number of aliphatic hydroxyl groups is 1. The summed E-state index contributed by atoms with van der Waals surface area (Å²) in [7, 11) is 0. The molecule has 0 aromatic heterocycles. The van der Waals surface area contributed by atoms with Gasteiger partial charge in [0.15, 0.2) is 18.2 Å². The molecule has 1 aromatic rings. The zero-order chi connectivity index (χ0) is 14.4. The molecular formula is C15H20FNO3. The molecule has 110 valence electrons. The fraction of sp³-hybridized carbons (Fsp3) is 0.533. The molecule has 0 aliphatic heterocycles. The van der Waals surface area contributed by atoms with Gasteiger partial charge in [-0.15, -0.1) is 0 Å². The number of halogens is 1. The van der Waals surface area contributed by atoms with Crippen molar-refractivity contribution in [1.82, 2.24) is 5.32 Å². The maximum atomic E-state index is 13.3. The first kappa shape index (κ1) is 14.8. The predicted octanol–water partition coefficient (Wildman–Crippen LogP) is 2.01. The number of nitrogens with one attached hydrogen (secondary N) is 1. The zero-order valence-electron chi connectivity index (χ0n) is 11.3. The highest BCUT2D eigenvalue weighted by molar-refractivity contribution is 5.77. The number of amides is 1. The third-order valence-corrected chi connectivity index (χ3v) is 3.52. The topological polar surface area (TPSA) is 58.6 Å².